The lowest BCUT2D eigenvalue weighted by atomic mass is 9.82. The number of benzene rings is 10. The molecule has 0 N–H and O–H groups in total. The summed E-state index contributed by atoms with van der Waals surface area (Å²) in [6.45, 7) is 4.76. The summed E-state index contributed by atoms with van der Waals surface area (Å²) in [5, 5.41) is 4.76. The Morgan fingerprint density at radius 2 is 0.818 bits per heavy atom. The van der Waals surface area contributed by atoms with Gasteiger partial charge in [-0.2, -0.15) is 0 Å². The highest BCUT2D eigenvalue weighted by molar-refractivity contribution is 6.09. The molecule has 0 saturated carbocycles. The Balaban J connectivity index is 0.936. The standard InChI is InChI=1S/C63H44N2O/c1-63(2)57-39-49(29-32-51(57)52-33-30-50(40-58(52)63)65-59-22-12-9-19-53(59)54-20-10-13-23-60(54)65)64(48-31-34-62-56(38-48)55-21-11-14-24-61(55)66-62)47-27-25-43(26-28-47)46-36-44(41-15-5-3-6-16-41)35-45(37-46)42-17-7-4-8-18-42/h3-40H,1-2H3. The van der Waals surface area contributed by atoms with Gasteiger partial charge in [0, 0.05) is 49.7 Å². The van der Waals surface area contributed by atoms with Crippen LogP contribution in [0.5, 0.6) is 0 Å². The third-order valence-electron chi connectivity index (χ3n) is 14.0. The number of anilines is 3. The monoisotopic (exact) mass is 844 g/mol. The van der Waals surface area contributed by atoms with Crippen LogP contribution in [0, 0.1) is 0 Å². The maximum atomic E-state index is 6.33. The fraction of sp³-hybridized carbons (Fsp3) is 0.0476. The minimum Gasteiger partial charge on any atom is -0.456 e. The average molecular weight is 845 g/mol. The molecule has 0 radical (unpaired) electrons. The molecule has 3 heteroatoms. The molecule has 0 amide bonds. The first kappa shape index (κ1) is 38.1. The molecular formula is C63H44N2O. The molecule has 0 saturated heterocycles. The predicted molar refractivity (Wildman–Crippen MR) is 277 cm³/mol. The van der Waals surface area contributed by atoms with Gasteiger partial charge >= 0.3 is 0 Å². The topological polar surface area (TPSA) is 21.3 Å². The van der Waals surface area contributed by atoms with E-state index in [9.17, 15) is 0 Å². The summed E-state index contributed by atoms with van der Waals surface area (Å²) in [6, 6.07) is 84.0. The van der Waals surface area contributed by atoms with Gasteiger partial charge in [0.15, 0.2) is 0 Å². The number of fused-ring (bicyclic) bond motifs is 9. The molecule has 66 heavy (non-hydrogen) atoms. The first-order chi connectivity index (χ1) is 32.5. The second-order valence-electron chi connectivity index (χ2n) is 18.1. The normalized spacial score (nSPS) is 12.8. The van der Waals surface area contributed by atoms with Crippen molar-refractivity contribution in [2.75, 3.05) is 4.90 Å². The lowest BCUT2D eigenvalue weighted by Gasteiger charge is -2.28. The Kier molecular flexibility index (Phi) is 8.56. The Morgan fingerprint density at radius 1 is 0.348 bits per heavy atom. The van der Waals surface area contributed by atoms with Crippen LogP contribution in [0.2, 0.25) is 0 Å². The predicted octanol–water partition coefficient (Wildman–Crippen LogP) is 17.5. The van der Waals surface area contributed by atoms with Crippen LogP contribution >= 0.6 is 0 Å². The van der Waals surface area contributed by atoms with E-state index in [2.05, 4.69) is 248 Å². The van der Waals surface area contributed by atoms with Gasteiger partial charge in [0.05, 0.1) is 11.0 Å². The molecule has 2 heterocycles. The molecule has 1 aliphatic carbocycles. The van der Waals surface area contributed by atoms with E-state index in [0.29, 0.717) is 0 Å². The highest BCUT2D eigenvalue weighted by Gasteiger charge is 2.36. The van der Waals surface area contributed by atoms with E-state index in [-0.39, 0.29) is 5.41 Å². The van der Waals surface area contributed by atoms with E-state index in [1.807, 2.05) is 6.07 Å². The number of aromatic nitrogens is 1. The molecule has 0 atom stereocenters. The van der Waals surface area contributed by atoms with Crippen molar-refractivity contribution >= 4 is 60.8 Å². The molecule has 12 aromatic rings. The molecule has 312 valence electrons. The second-order valence-corrected chi connectivity index (χ2v) is 18.1. The summed E-state index contributed by atoms with van der Waals surface area (Å²) >= 11 is 0. The maximum Gasteiger partial charge on any atom is 0.135 e. The minimum atomic E-state index is -0.254. The molecule has 2 aromatic heterocycles. The smallest absolute Gasteiger partial charge is 0.135 e. The first-order valence-corrected chi connectivity index (χ1v) is 22.8. The largest absolute Gasteiger partial charge is 0.456 e. The second kappa shape index (κ2) is 14.8. The van der Waals surface area contributed by atoms with Gasteiger partial charge in [-0.1, -0.05) is 153 Å². The van der Waals surface area contributed by atoms with Gasteiger partial charge in [0.25, 0.3) is 0 Å². The van der Waals surface area contributed by atoms with Gasteiger partial charge in [0.1, 0.15) is 11.2 Å². The van der Waals surface area contributed by atoms with Crippen LogP contribution < -0.4 is 4.90 Å². The number of hydrogen-bond acceptors (Lipinski definition) is 2. The van der Waals surface area contributed by atoms with Crippen molar-refractivity contribution in [3.63, 3.8) is 0 Å². The zero-order chi connectivity index (χ0) is 43.9. The third-order valence-corrected chi connectivity index (χ3v) is 14.0. The Bertz CT molecular complexity index is 3730. The molecular weight excluding hydrogens is 801 g/mol. The van der Waals surface area contributed by atoms with E-state index >= 15 is 0 Å². The Morgan fingerprint density at radius 3 is 1.45 bits per heavy atom. The maximum absolute atomic E-state index is 6.33. The van der Waals surface area contributed by atoms with E-state index in [1.54, 1.807) is 0 Å². The van der Waals surface area contributed by atoms with Gasteiger partial charge in [0.2, 0.25) is 0 Å². The molecule has 0 fully saturated rings. The van der Waals surface area contributed by atoms with Gasteiger partial charge < -0.3 is 13.9 Å². The van der Waals surface area contributed by atoms with Crippen molar-refractivity contribution in [2.45, 2.75) is 19.3 Å². The Labute approximate surface area is 384 Å². The fourth-order valence-corrected chi connectivity index (χ4v) is 10.7. The molecule has 13 rings (SSSR count). The van der Waals surface area contributed by atoms with Crippen molar-refractivity contribution in [1.82, 2.24) is 4.57 Å². The molecule has 0 spiro atoms. The van der Waals surface area contributed by atoms with Crippen LogP contribution in [-0.4, -0.2) is 4.57 Å². The van der Waals surface area contributed by atoms with Crippen LogP contribution in [0.15, 0.2) is 235 Å². The zero-order valence-corrected chi connectivity index (χ0v) is 36.7. The summed E-state index contributed by atoms with van der Waals surface area (Å²) in [5.74, 6) is 0. The number of nitrogens with zero attached hydrogens (tertiary/aromatic N) is 2. The summed E-state index contributed by atoms with van der Waals surface area (Å²) < 4.78 is 8.76. The highest BCUT2D eigenvalue weighted by Crippen LogP contribution is 2.52. The lowest BCUT2D eigenvalue weighted by Crippen LogP contribution is -2.17. The van der Waals surface area contributed by atoms with Crippen molar-refractivity contribution in [3.05, 3.63) is 242 Å². The number of para-hydroxylation sites is 3. The van der Waals surface area contributed by atoms with Gasteiger partial charge in [-0.25, -0.2) is 0 Å². The SMILES string of the molecule is CC1(C)c2cc(N(c3ccc(-c4cc(-c5ccccc5)cc(-c5ccccc5)c4)cc3)c3ccc4oc5ccccc5c4c3)ccc2-c2ccc(-n3c4ccccc4c4ccccc43)cc21. The Hall–Kier alpha value is -8.40. The van der Waals surface area contributed by atoms with Crippen LogP contribution in [0.3, 0.4) is 0 Å². The average Bonchev–Trinajstić information content (AvgIpc) is 3.99. The van der Waals surface area contributed by atoms with Crippen molar-refractivity contribution in [1.29, 1.82) is 0 Å². The van der Waals surface area contributed by atoms with Crippen molar-refractivity contribution in [3.8, 4) is 50.2 Å². The van der Waals surface area contributed by atoms with E-state index in [0.717, 1.165) is 44.6 Å². The summed E-state index contributed by atoms with van der Waals surface area (Å²) in [4.78, 5) is 2.41. The fourth-order valence-electron chi connectivity index (χ4n) is 10.7. The molecule has 1 aliphatic rings. The summed E-state index contributed by atoms with van der Waals surface area (Å²) in [7, 11) is 0. The van der Waals surface area contributed by atoms with Gasteiger partial charge in [-0.15, -0.1) is 0 Å². The zero-order valence-electron chi connectivity index (χ0n) is 36.7. The van der Waals surface area contributed by atoms with Crippen LogP contribution in [0.25, 0.3) is 93.9 Å². The molecule has 0 aliphatic heterocycles. The molecule has 3 nitrogen and oxygen atoms in total. The van der Waals surface area contributed by atoms with Crippen LogP contribution in [-0.2, 0) is 5.41 Å². The third kappa shape index (κ3) is 6.04. The van der Waals surface area contributed by atoms with E-state index in [1.165, 1.54) is 77.6 Å². The first-order valence-electron chi connectivity index (χ1n) is 22.8. The van der Waals surface area contributed by atoms with Crippen LogP contribution in [0.4, 0.5) is 17.1 Å². The van der Waals surface area contributed by atoms with Crippen molar-refractivity contribution in [2.24, 2.45) is 0 Å². The molecule has 10 aromatic carbocycles. The van der Waals surface area contributed by atoms with Crippen LogP contribution in [0.1, 0.15) is 25.0 Å². The summed E-state index contributed by atoms with van der Waals surface area (Å²) in [6.07, 6.45) is 0. The number of hydrogen-bond donors (Lipinski definition) is 0. The number of rotatable bonds is 7. The lowest BCUT2D eigenvalue weighted by molar-refractivity contribution is 0.660. The summed E-state index contributed by atoms with van der Waals surface area (Å²) in [5.41, 5.74) is 20.8. The molecule has 0 bridgehead atoms. The van der Waals surface area contributed by atoms with Gasteiger partial charge in [-0.05, 0) is 147 Å². The van der Waals surface area contributed by atoms with E-state index < -0.39 is 0 Å². The van der Waals surface area contributed by atoms with Crippen molar-refractivity contribution < 1.29 is 4.42 Å². The van der Waals surface area contributed by atoms with Gasteiger partial charge in [-0.3, -0.25) is 0 Å². The highest BCUT2D eigenvalue weighted by atomic mass is 16.3. The van der Waals surface area contributed by atoms with E-state index in [4.69, 9.17) is 4.42 Å². The molecule has 0 unspecified atom stereocenters. The number of furan rings is 1. The quantitative estimate of drug-likeness (QED) is 0.159. The minimum absolute atomic E-state index is 0.254.